The van der Waals surface area contributed by atoms with Crippen molar-refractivity contribution in [1.82, 2.24) is 29.7 Å². The van der Waals surface area contributed by atoms with E-state index in [1.165, 1.54) is 10.9 Å². The Bertz CT molecular complexity index is 1060. The van der Waals surface area contributed by atoms with Gasteiger partial charge in [0, 0.05) is 6.54 Å². The summed E-state index contributed by atoms with van der Waals surface area (Å²) in [5, 5.41) is 12.0. The van der Waals surface area contributed by atoms with Gasteiger partial charge in [-0.15, -0.1) is 5.10 Å². The van der Waals surface area contributed by atoms with Crippen molar-refractivity contribution < 1.29 is 18.0 Å². The minimum absolute atomic E-state index is 0.0574. The van der Waals surface area contributed by atoms with Gasteiger partial charge in [-0.25, -0.2) is 4.68 Å². The van der Waals surface area contributed by atoms with Crippen LogP contribution in [0.5, 0.6) is 0 Å². The number of halogens is 3. The van der Waals surface area contributed by atoms with Gasteiger partial charge in [-0.3, -0.25) is 9.59 Å². The molecule has 0 aliphatic carbocycles. The molecule has 3 aromatic rings. The van der Waals surface area contributed by atoms with E-state index in [1.54, 1.807) is 24.3 Å². The Balaban J connectivity index is 1.70. The molecule has 1 aromatic carbocycles. The third kappa shape index (κ3) is 3.04. The molecule has 1 aliphatic rings. The lowest BCUT2D eigenvalue weighted by Crippen LogP contribution is -2.39. The molecule has 1 aliphatic heterocycles. The molecule has 2 aromatic heterocycles. The van der Waals surface area contributed by atoms with Gasteiger partial charge >= 0.3 is 6.18 Å². The number of hydrogen-bond acceptors (Lipinski definition) is 5. The maximum atomic E-state index is 12.7. The molecule has 0 saturated carbocycles. The third-order valence-corrected chi connectivity index (χ3v) is 4.35. The van der Waals surface area contributed by atoms with Crippen LogP contribution in [0.3, 0.4) is 0 Å². The number of hydrogen-bond donors (Lipinski definition) is 0. The maximum Gasteiger partial charge on any atom is 0.406 e. The van der Waals surface area contributed by atoms with Gasteiger partial charge in [0.25, 0.3) is 5.56 Å². The second kappa shape index (κ2) is 6.18. The zero-order valence-corrected chi connectivity index (χ0v) is 13.8. The largest absolute Gasteiger partial charge is 0.406 e. The first-order valence-corrected chi connectivity index (χ1v) is 8.09. The Hall–Kier alpha value is -3.24. The predicted octanol–water partition coefficient (Wildman–Crippen LogP) is 1.31. The summed E-state index contributed by atoms with van der Waals surface area (Å²) in [5.74, 6) is -0.793. The highest BCUT2D eigenvalue weighted by molar-refractivity contribution is 5.83. The Morgan fingerprint density at radius 1 is 1.15 bits per heavy atom. The van der Waals surface area contributed by atoms with E-state index in [0.29, 0.717) is 10.6 Å². The normalized spacial score (nSPS) is 17.8. The summed E-state index contributed by atoms with van der Waals surface area (Å²) < 4.78 is 40.0. The zero-order valence-electron chi connectivity index (χ0n) is 13.8. The molecule has 1 saturated heterocycles. The average Bonchev–Trinajstić information content (AvgIpc) is 3.20. The lowest BCUT2D eigenvalue weighted by molar-refractivity contribution is -0.158. The Morgan fingerprint density at radius 3 is 2.59 bits per heavy atom. The van der Waals surface area contributed by atoms with Crippen LogP contribution in [0.2, 0.25) is 0 Å². The molecule has 27 heavy (non-hydrogen) atoms. The highest BCUT2D eigenvalue weighted by Gasteiger charge is 2.41. The number of para-hydroxylation sites is 1. The molecule has 140 valence electrons. The maximum absolute atomic E-state index is 12.7. The summed E-state index contributed by atoms with van der Waals surface area (Å²) in [6.07, 6.45) is -3.13. The number of rotatable bonds is 3. The van der Waals surface area contributed by atoms with Crippen LogP contribution in [0.4, 0.5) is 13.2 Å². The van der Waals surface area contributed by atoms with Crippen molar-refractivity contribution in [1.29, 1.82) is 0 Å². The lowest BCUT2D eigenvalue weighted by Gasteiger charge is -2.18. The van der Waals surface area contributed by atoms with Crippen LogP contribution in [-0.4, -0.2) is 54.8 Å². The third-order valence-electron chi connectivity index (χ3n) is 4.35. The summed E-state index contributed by atoms with van der Waals surface area (Å²) in [6, 6.07) is 7.86. The van der Waals surface area contributed by atoms with Gasteiger partial charge in [0.2, 0.25) is 5.91 Å². The van der Waals surface area contributed by atoms with Gasteiger partial charge in [-0.05, 0) is 18.6 Å². The zero-order chi connectivity index (χ0) is 19.2. The molecule has 1 fully saturated rings. The first kappa shape index (κ1) is 17.2. The number of amides is 1. The highest BCUT2D eigenvalue weighted by atomic mass is 19.4. The van der Waals surface area contributed by atoms with Gasteiger partial charge < -0.3 is 4.90 Å². The van der Waals surface area contributed by atoms with Crippen LogP contribution in [0.15, 0.2) is 41.3 Å². The van der Waals surface area contributed by atoms with Gasteiger partial charge in [-0.1, -0.05) is 23.4 Å². The quantitative estimate of drug-likeness (QED) is 0.686. The smallest absolute Gasteiger partial charge is 0.332 e. The number of aromatic nitrogens is 5. The Morgan fingerprint density at radius 2 is 1.89 bits per heavy atom. The average molecular weight is 378 g/mol. The van der Waals surface area contributed by atoms with Gasteiger partial charge in [-0.2, -0.15) is 23.0 Å². The second-order valence-electron chi connectivity index (χ2n) is 6.15. The van der Waals surface area contributed by atoms with E-state index in [9.17, 15) is 22.8 Å². The van der Waals surface area contributed by atoms with Crippen LogP contribution in [0.1, 0.15) is 12.5 Å². The molecular formula is C16H13F3N6O2. The molecule has 0 spiro atoms. The Kier molecular flexibility index (Phi) is 3.93. The molecular weight excluding hydrogens is 365 g/mol. The molecule has 3 heterocycles. The van der Waals surface area contributed by atoms with E-state index in [4.69, 9.17) is 0 Å². The predicted molar refractivity (Wildman–Crippen MR) is 87.2 cm³/mol. The van der Waals surface area contributed by atoms with E-state index in [0.717, 1.165) is 4.68 Å². The fourth-order valence-corrected chi connectivity index (χ4v) is 3.13. The topological polar surface area (TPSA) is 85.9 Å². The molecule has 1 unspecified atom stereocenters. The summed E-state index contributed by atoms with van der Waals surface area (Å²) >= 11 is 0. The van der Waals surface area contributed by atoms with Gasteiger partial charge in [0.1, 0.15) is 18.0 Å². The van der Waals surface area contributed by atoms with Crippen LogP contribution < -0.4 is 5.56 Å². The molecule has 4 rings (SSSR count). The van der Waals surface area contributed by atoms with Gasteiger partial charge in [0.05, 0.1) is 11.9 Å². The molecule has 1 atom stereocenters. The van der Waals surface area contributed by atoms with Crippen LogP contribution in [0, 0.1) is 0 Å². The van der Waals surface area contributed by atoms with Crippen molar-refractivity contribution >= 4 is 16.9 Å². The van der Waals surface area contributed by atoms with Crippen LogP contribution in [0.25, 0.3) is 16.7 Å². The van der Waals surface area contributed by atoms with E-state index in [-0.39, 0.29) is 24.0 Å². The van der Waals surface area contributed by atoms with Crippen LogP contribution >= 0.6 is 0 Å². The summed E-state index contributed by atoms with van der Waals surface area (Å²) in [4.78, 5) is 25.7. The Labute approximate surface area is 149 Å². The fourth-order valence-electron chi connectivity index (χ4n) is 3.13. The molecule has 8 nitrogen and oxygen atoms in total. The number of benzene rings is 1. The standard InChI is InChI=1S/C16H13F3N6O2/c17-16(18,19)9-23-7-6-12(15(23)27)25-14(26)11-8-20-24(13(11)21-22-25)10-4-2-1-3-5-10/h1-5,8,12H,6-7,9H2. The minimum atomic E-state index is -4.50. The number of fused-ring (bicyclic) bond motifs is 1. The van der Waals surface area contributed by atoms with E-state index in [2.05, 4.69) is 15.4 Å². The molecule has 0 N–H and O–H groups in total. The first-order valence-electron chi connectivity index (χ1n) is 8.09. The van der Waals surface area contributed by atoms with E-state index < -0.39 is 30.2 Å². The summed E-state index contributed by atoms with van der Waals surface area (Å²) in [7, 11) is 0. The van der Waals surface area contributed by atoms with Crippen molar-refractivity contribution in [2.45, 2.75) is 18.6 Å². The summed E-state index contributed by atoms with van der Waals surface area (Å²) in [5.41, 5.74) is 0.265. The monoisotopic (exact) mass is 378 g/mol. The fraction of sp³-hybridized carbons (Fsp3) is 0.312. The van der Waals surface area contributed by atoms with E-state index in [1.807, 2.05) is 6.07 Å². The minimum Gasteiger partial charge on any atom is -0.332 e. The van der Waals surface area contributed by atoms with E-state index >= 15 is 0 Å². The molecule has 0 radical (unpaired) electrons. The van der Waals surface area contributed by atoms with Crippen LogP contribution in [-0.2, 0) is 4.79 Å². The summed E-state index contributed by atoms with van der Waals surface area (Å²) in [6.45, 7) is -1.45. The lowest BCUT2D eigenvalue weighted by atomic mass is 10.2. The van der Waals surface area contributed by atoms with Crippen molar-refractivity contribution in [3.63, 3.8) is 0 Å². The van der Waals surface area contributed by atoms with Crippen molar-refractivity contribution in [3.05, 3.63) is 46.9 Å². The molecule has 0 bridgehead atoms. The van der Waals surface area contributed by atoms with Crippen molar-refractivity contribution in [2.24, 2.45) is 0 Å². The van der Waals surface area contributed by atoms with Crippen molar-refractivity contribution in [2.75, 3.05) is 13.1 Å². The number of carbonyl (C=O) groups excluding carboxylic acids is 1. The molecule has 1 amide bonds. The highest BCUT2D eigenvalue weighted by Crippen LogP contribution is 2.26. The molecule has 11 heteroatoms. The number of likely N-dealkylation sites (tertiary alicyclic amines) is 1. The second-order valence-corrected chi connectivity index (χ2v) is 6.15. The van der Waals surface area contributed by atoms with Crippen molar-refractivity contribution in [3.8, 4) is 5.69 Å². The SMILES string of the molecule is O=C1C(n2nnc3c(cnn3-c3ccccc3)c2=O)CCN1CC(F)(F)F. The number of alkyl halides is 3. The van der Waals surface area contributed by atoms with Gasteiger partial charge in [0.15, 0.2) is 5.65 Å². The number of nitrogens with zero attached hydrogens (tertiary/aromatic N) is 6. The number of carbonyl (C=O) groups is 1. The first-order chi connectivity index (χ1) is 12.8.